The highest BCUT2D eigenvalue weighted by Gasteiger charge is 2.37. The number of fused-ring (bicyclic) bond motifs is 2. The van der Waals surface area contributed by atoms with Crippen molar-refractivity contribution in [1.29, 1.82) is 0 Å². The summed E-state index contributed by atoms with van der Waals surface area (Å²) in [4.78, 5) is 34.5. The van der Waals surface area contributed by atoms with Gasteiger partial charge in [-0.3, -0.25) is 9.59 Å². The standard InChI is InChI=1S/C27H16Cl2N6O3/c1-12-21(31-2)26(30)33-27(32-13-7-4-3-5-8-13)22(12)34-35-23-16(29)11-15(28)19-20(23)24(37)14-9-6-10-17(36)18(14)25(19)38/h3-11,36H,1H3,(H3,30,32,33). The van der Waals surface area contributed by atoms with E-state index in [0.717, 1.165) is 0 Å². The molecule has 0 saturated heterocycles. The number of aromatic nitrogens is 1. The van der Waals surface area contributed by atoms with E-state index in [-0.39, 0.29) is 66.7 Å². The van der Waals surface area contributed by atoms with Crippen LogP contribution in [-0.4, -0.2) is 21.7 Å². The Kier molecular flexibility index (Phi) is 6.28. The Bertz CT molecular complexity index is 1750. The van der Waals surface area contributed by atoms with Crippen LogP contribution in [0.1, 0.15) is 37.4 Å². The molecular formula is C27H16Cl2N6O3. The van der Waals surface area contributed by atoms with Crippen LogP contribution in [0.15, 0.2) is 64.8 Å². The zero-order valence-electron chi connectivity index (χ0n) is 19.6. The number of carbonyl (C=O) groups is 2. The number of carbonyl (C=O) groups excluding carboxylic acids is 2. The number of phenols is 1. The van der Waals surface area contributed by atoms with Crippen LogP contribution in [0.4, 0.5) is 34.4 Å². The molecule has 11 heteroatoms. The molecule has 0 fully saturated rings. The zero-order valence-corrected chi connectivity index (χ0v) is 21.1. The van der Waals surface area contributed by atoms with Crippen LogP contribution in [0.2, 0.25) is 10.0 Å². The van der Waals surface area contributed by atoms with Gasteiger partial charge in [-0.1, -0.05) is 53.5 Å². The Morgan fingerprint density at radius 2 is 1.66 bits per heavy atom. The molecular weight excluding hydrogens is 527 g/mol. The molecule has 1 aliphatic rings. The first kappa shape index (κ1) is 24.9. The maximum Gasteiger partial charge on any atom is 0.233 e. The van der Waals surface area contributed by atoms with E-state index in [1.165, 1.54) is 24.3 Å². The molecule has 1 aromatic heterocycles. The van der Waals surface area contributed by atoms with Crippen molar-refractivity contribution in [3.8, 4) is 5.75 Å². The second kappa shape index (κ2) is 9.59. The van der Waals surface area contributed by atoms with Gasteiger partial charge in [-0.05, 0) is 36.8 Å². The Hall–Kier alpha value is -4.78. The van der Waals surface area contributed by atoms with Gasteiger partial charge in [0.2, 0.25) is 5.69 Å². The first-order chi connectivity index (χ1) is 18.2. The van der Waals surface area contributed by atoms with Crippen molar-refractivity contribution in [2.75, 3.05) is 11.1 Å². The molecule has 4 N–H and O–H groups in total. The summed E-state index contributed by atoms with van der Waals surface area (Å²) in [6.07, 6.45) is 0. The number of nitrogen functional groups attached to an aromatic ring is 1. The van der Waals surface area contributed by atoms with E-state index in [1.54, 1.807) is 19.1 Å². The first-order valence-corrected chi connectivity index (χ1v) is 11.8. The Labute approximate surface area is 226 Å². The lowest BCUT2D eigenvalue weighted by Gasteiger charge is -2.21. The second-order valence-electron chi connectivity index (χ2n) is 8.27. The molecule has 3 aromatic carbocycles. The molecule has 0 unspecified atom stereocenters. The summed E-state index contributed by atoms with van der Waals surface area (Å²) in [5.41, 5.74) is 6.84. The minimum Gasteiger partial charge on any atom is -0.507 e. The van der Waals surface area contributed by atoms with E-state index >= 15 is 0 Å². The third kappa shape index (κ3) is 4.02. The van der Waals surface area contributed by atoms with Crippen molar-refractivity contribution in [3.05, 3.63) is 104 Å². The molecule has 0 radical (unpaired) electrons. The molecule has 9 nitrogen and oxygen atoms in total. The van der Waals surface area contributed by atoms with Gasteiger partial charge in [-0.2, -0.15) is 0 Å². The van der Waals surface area contributed by atoms with Crippen molar-refractivity contribution in [2.45, 2.75) is 6.92 Å². The van der Waals surface area contributed by atoms with E-state index in [9.17, 15) is 14.7 Å². The van der Waals surface area contributed by atoms with Gasteiger partial charge in [0.1, 0.15) is 22.9 Å². The van der Waals surface area contributed by atoms with Crippen molar-refractivity contribution in [2.24, 2.45) is 10.2 Å². The van der Waals surface area contributed by atoms with Crippen LogP contribution < -0.4 is 11.1 Å². The number of nitrogens with zero attached hydrogens (tertiary/aromatic N) is 4. The van der Waals surface area contributed by atoms with E-state index in [2.05, 4.69) is 25.4 Å². The minimum absolute atomic E-state index is 0.00831. The molecule has 0 amide bonds. The highest BCUT2D eigenvalue weighted by molar-refractivity contribution is 6.43. The Morgan fingerprint density at radius 3 is 2.37 bits per heavy atom. The number of ketones is 2. The lowest BCUT2D eigenvalue weighted by Crippen LogP contribution is -2.21. The van der Waals surface area contributed by atoms with Gasteiger partial charge in [-0.15, -0.1) is 10.2 Å². The summed E-state index contributed by atoms with van der Waals surface area (Å²) in [5, 5.41) is 21.9. The molecule has 0 spiro atoms. The monoisotopic (exact) mass is 542 g/mol. The number of aromatic hydroxyl groups is 1. The average Bonchev–Trinajstić information content (AvgIpc) is 2.88. The van der Waals surface area contributed by atoms with Gasteiger partial charge >= 0.3 is 0 Å². The average molecular weight is 543 g/mol. The minimum atomic E-state index is -0.641. The fourth-order valence-corrected chi connectivity index (χ4v) is 4.78. The molecule has 38 heavy (non-hydrogen) atoms. The molecule has 0 atom stereocenters. The summed E-state index contributed by atoms with van der Waals surface area (Å²) < 4.78 is 0. The molecule has 0 bridgehead atoms. The number of hydrogen-bond donors (Lipinski definition) is 3. The summed E-state index contributed by atoms with van der Waals surface area (Å²) in [6.45, 7) is 9.14. The number of benzene rings is 3. The van der Waals surface area contributed by atoms with Crippen LogP contribution >= 0.6 is 23.2 Å². The van der Waals surface area contributed by atoms with Gasteiger partial charge in [0.25, 0.3) is 0 Å². The first-order valence-electron chi connectivity index (χ1n) is 11.1. The SMILES string of the molecule is [C-]#[N+]c1c(N)nc(Nc2ccccc2)c(N=Nc2c(Cl)cc(Cl)c3c2C(=O)c2cccc(O)c2C3=O)c1C. The molecule has 186 valence electrons. The largest absolute Gasteiger partial charge is 0.507 e. The van der Waals surface area contributed by atoms with Gasteiger partial charge in [0, 0.05) is 11.3 Å². The van der Waals surface area contributed by atoms with E-state index in [1.807, 2.05) is 18.2 Å². The Balaban J connectivity index is 1.70. The number of rotatable bonds is 4. The third-order valence-electron chi connectivity index (χ3n) is 5.98. The number of phenolic OH excluding ortho intramolecular Hbond substituents is 1. The maximum atomic E-state index is 13.5. The predicted octanol–water partition coefficient (Wildman–Crippen LogP) is 7.47. The highest BCUT2D eigenvalue weighted by atomic mass is 35.5. The maximum absolute atomic E-state index is 13.5. The van der Waals surface area contributed by atoms with Crippen molar-refractivity contribution in [1.82, 2.24) is 4.98 Å². The van der Waals surface area contributed by atoms with Crippen LogP contribution in [0.5, 0.6) is 5.75 Å². The number of nitrogens with one attached hydrogen (secondary N) is 1. The van der Waals surface area contributed by atoms with Gasteiger partial charge in [-0.25, -0.2) is 9.83 Å². The van der Waals surface area contributed by atoms with Crippen molar-refractivity contribution in [3.63, 3.8) is 0 Å². The van der Waals surface area contributed by atoms with E-state index < -0.39 is 11.6 Å². The van der Waals surface area contributed by atoms with Crippen LogP contribution in [0.25, 0.3) is 4.85 Å². The normalized spacial score (nSPS) is 12.3. The number of hydrogen-bond acceptors (Lipinski definition) is 8. The predicted molar refractivity (Wildman–Crippen MR) is 145 cm³/mol. The fraction of sp³-hybridized carbons (Fsp3) is 0.0370. The molecule has 1 aliphatic carbocycles. The van der Waals surface area contributed by atoms with Crippen molar-refractivity contribution < 1.29 is 14.7 Å². The molecule has 1 heterocycles. The smallest absolute Gasteiger partial charge is 0.233 e. The van der Waals surface area contributed by atoms with Crippen LogP contribution in [-0.2, 0) is 0 Å². The number of anilines is 3. The van der Waals surface area contributed by atoms with Gasteiger partial charge in [0.05, 0.1) is 33.3 Å². The third-order valence-corrected chi connectivity index (χ3v) is 6.57. The quantitative estimate of drug-likeness (QED) is 0.159. The Morgan fingerprint density at radius 1 is 0.947 bits per heavy atom. The lowest BCUT2D eigenvalue weighted by molar-refractivity contribution is 0.0977. The number of halogens is 2. The molecule has 0 aliphatic heterocycles. The highest BCUT2D eigenvalue weighted by Crippen LogP contribution is 2.45. The van der Waals surface area contributed by atoms with Gasteiger partial charge in [0.15, 0.2) is 17.4 Å². The topological polar surface area (TPSA) is 134 Å². The number of para-hydroxylation sites is 1. The van der Waals surface area contributed by atoms with Crippen LogP contribution in [0.3, 0.4) is 0 Å². The summed E-state index contributed by atoms with van der Waals surface area (Å²) >= 11 is 12.8. The lowest BCUT2D eigenvalue weighted by atomic mass is 9.82. The number of azo groups is 1. The zero-order chi connectivity index (χ0) is 27.1. The number of nitrogens with two attached hydrogens (primary N) is 1. The van der Waals surface area contributed by atoms with E-state index in [4.69, 9.17) is 35.5 Å². The summed E-state index contributed by atoms with van der Waals surface area (Å²) in [6, 6.07) is 14.6. The molecule has 4 aromatic rings. The number of pyridine rings is 1. The van der Waals surface area contributed by atoms with Crippen LogP contribution in [0, 0.1) is 13.5 Å². The van der Waals surface area contributed by atoms with Gasteiger partial charge < -0.3 is 16.2 Å². The molecule has 5 rings (SSSR count). The molecule has 0 saturated carbocycles. The van der Waals surface area contributed by atoms with Crippen molar-refractivity contribution >= 4 is 69.2 Å². The second-order valence-corrected chi connectivity index (χ2v) is 9.08. The van der Waals surface area contributed by atoms with E-state index in [0.29, 0.717) is 11.3 Å². The summed E-state index contributed by atoms with van der Waals surface area (Å²) in [7, 11) is 0. The summed E-state index contributed by atoms with van der Waals surface area (Å²) in [5.74, 6) is -1.35. The fourth-order valence-electron chi connectivity index (χ4n) is 4.19.